The first-order chi connectivity index (χ1) is 10.1. The molecule has 1 aliphatic rings. The van der Waals surface area contributed by atoms with E-state index in [9.17, 15) is 4.79 Å². The smallest absolute Gasteiger partial charge is 0.274 e. The molecule has 2 N–H and O–H groups in total. The van der Waals surface area contributed by atoms with E-state index in [4.69, 9.17) is 0 Å². The van der Waals surface area contributed by atoms with Crippen LogP contribution >= 0.6 is 15.9 Å². The molecule has 108 valence electrons. The molecule has 1 aromatic heterocycles. The number of benzene rings is 1. The third-order valence-corrected chi connectivity index (χ3v) is 3.97. The van der Waals surface area contributed by atoms with Gasteiger partial charge in [-0.05, 0) is 65.5 Å². The number of nitrogens with one attached hydrogen (secondary N) is 2. The zero-order chi connectivity index (χ0) is 14.8. The Labute approximate surface area is 132 Å². The van der Waals surface area contributed by atoms with Crippen molar-refractivity contribution in [3.8, 4) is 0 Å². The van der Waals surface area contributed by atoms with E-state index in [1.807, 2.05) is 31.2 Å². The van der Waals surface area contributed by atoms with Crippen molar-refractivity contribution in [3.05, 3.63) is 52.3 Å². The first-order valence-electron chi connectivity index (χ1n) is 6.92. The number of hydrogen-bond acceptors (Lipinski definition) is 3. The van der Waals surface area contributed by atoms with Crippen LogP contribution in [0.1, 0.15) is 28.9 Å². The molecule has 1 amide bonds. The summed E-state index contributed by atoms with van der Waals surface area (Å²) < 4.78 is 0.864. The van der Waals surface area contributed by atoms with Crippen LogP contribution < -0.4 is 10.6 Å². The Bertz CT molecular complexity index is 666. The number of hydrogen-bond donors (Lipinski definition) is 2. The minimum Gasteiger partial charge on any atom is -0.381 e. The number of aromatic nitrogens is 1. The molecule has 1 aliphatic carbocycles. The number of anilines is 2. The first-order valence-corrected chi connectivity index (χ1v) is 7.71. The molecule has 1 fully saturated rings. The Kier molecular flexibility index (Phi) is 3.92. The van der Waals surface area contributed by atoms with Gasteiger partial charge in [-0.3, -0.25) is 4.79 Å². The molecular formula is C16H16BrN3O. The highest BCUT2D eigenvalue weighted by molar-refractivity contribution is 9.10. The van der Waals surface area contributed by atoms with Crippen LogP contribution in [0.2, 0.25) is 0 Å². The SMILES string of the molecule is Cc1ccc(NC(=O)c2ccc(NC3CC3)cn2)c(Br)c1. The molecule has 4 nitrogen and oxygen atoms in total. The average molecular weight is 346 g/mol. The number of halogens is 1. The third kappa shape index (κ3) is 3.61. The largest absolute Gasteiger partial charge is 0.381 e. The van der Waals surface area contributed by atoms with Gasteiger partial charge in [-0.1, -0.05) is 6.07 Å². The van der Waals surface area contributed by atoms with Crippen molar-refractivity contribution >= 4 is 33.2 Å². The Balaban J connectivity index is 1.69. The summed E-state index contributed by atoms with van der Waals surface area (Å²) >= 11 is 3.45. The lowest BCUT2D eigenvalue weighted by Gasteiger charge is -2.08. The summed E-state index contributed by atoms with van der Waals surface area (Å²) in [5.74, 6) is -0.211. The third-order valence-electron chi connectivity index (χ3n) is 3.32. The van der Waals surface area contributed by atoms with E-state index in [-0.39, 0.29) is 5.91 Å². The van der Waals surface area contributed by atoms with E-state index in [2.05, 4.69) is 31.5 Å². The van der Waals surface area contributed by atoms with Crippen molar-refractivity contribution in [1.82, 2.24) is 4.98 Å². The highest BCUT2D eigenvalue weighted by Crippen LogP contribution is 2.25. The fourth-order valence-electron chi connectivity index (χ4n) is 1.98. The van der Waals surface area contributed by atoms with Crippen molar-refractivity contribution < 1.29 is 4.79 Å². The number of amides is 1. The van der Waals surface area contributed by atoms with Crippen molar-refractivity contribution in [2.75, 3.05) is 10.6 Å². The van der Waals surface area contributed by atoms with Crippen LogP contribution in [0, 0.1) is 6.92 Å². The minimum absolute atomic E-state index is 0.211. The molecule has 1 aromatic carbocycles. The van der Waals surface area contributed by atoms with Gasteiger partial charge in [0.15, 0.2) is 0 Å². The van der Waals surface area contributed by atoms with E-state index >= 15 is 0 Å². The number of aryl methyl sites for hydroxylation is 1. The Morgan fingerprint density at radius 1 is 1.29 bits per heavy atom. The van der Waals surface area contributed by atoms with E-state index in [1.54, 1.807) is 12.3 Å². The van der Waals surface area contributed by atoms with Crippen molar-refractivity contribution in [3.63, 3.8) is 0 Å². The van der Waals surface area contributed by atoms with Gasteiger partial charge in [-0.2, -0.15) is 0 Å². The number of pyridine rings is 1. The molecule has 0 atom stereocenters. The lowest BCUT2D eigenvalue weighted by molar-refractivity contribution is 0.102. The number of carbonyl (C=O) groups excluding carboxylic acids is 1. The first kappa shape index (κ1) is 14.1. The van der Waals surface area contributed by atoms with Gasteiger partial charge in [0.2, 0.25) is 0 Å². The van der Waals surface area contributed by atoms with Crippen LogP contribution in [-0.2, 0) is 0 Å². The van der Waals surface area contributed by atoms with E-state index < -0.39 is 0 Å². The topological polar surface area (TPSA) is 54.0 Å². The zero-order valence-corrected chi connectivity index (χ0v) is 13.3. The molecule has 1 heterocycles. The molecule has 3 rings (SSSR count). The second-order valence-corrected chi connectivity index (χ2v) is 6.14. The van der Waals surface area contributed by atoms with Crippen LogP contribution in [0.25, 0.3) is 0 Å². The van der Waals surface area contributed by atoms with Gasteiger partial charge in [-0.25, -0.2) is 4.98 Å². The highest BCUT2D eigenvalue weighted by atomic mass is 79.9. The second-order valence-electron chi connectivity index (χ2n) is 5.29. The molecule has 21 heavy (non-hydrogen) atoms. The summed E-state index contributed by atoms with van der Waals surface area (Å²) in [7, 11) is 0. The van der Waals surface area contributed by atoms with E-state index in [0.717, 1.165) is 21.4 Å². The number of carbonyl (C=O) groups is 1. The summed E-state index contributed by atoms with van der Waals surface area (Å²) in [4.78, 5) is 16.4. The minimum atomic E-state index is -0.211. The predicted molar refractivity (Wildman–Crippen MR) is 87.7 cm³/mol. The van der Waals surface area contributed by atoms with Crippen LogP contribution in [-0.4, -0.2) is 16.9 Å². The molecule has 2 aromatic rings. The maximum Gasteiger partial charge on any atom is 0.274 e. The normalized spacial score (nSPS) is 13.8. The maximum absolute atomic E-state index is 12.2. The van der Waals surface area contributed by atoms with Crippen molar-refractivity contribution in [2.45, 2.75) is 25.8 Å². The van der Waals surface area contributed by atoms with Gasteiger partial charge in [0.25, 0.3) is 5.91 Å². The molecule has 5 heteroatoms. The monoisotopic (exact) mass is 345 g/mol. The van der Waals surface area contributed by atoms with Crippen LogP contribution in [0.4, 0.5) is 11.4 Å². The van der Waals surface area contributed by atoms with Gasteiger partial charge in [0.05, 0.1) is 17.6 Å². The predicted octanol–water partition coefficient (Wildman–Crippen LogP) is 3.98. The van der Waals surface area contributed by atoms with Gasteiger partial charge in [0.1, 0.15) is 5.69 Å². The van der Waals surface area contributed by atoms with Crippen molar-refractivity contribution in [2.24, 2.45) is 0 Å². The molecule has 0 unspecified atom stereocenters. The van der Waals surface area contributed by atoms with Crippen LogP contribution in [0.15, 0.2) is 41.0 Å². The summed E-state index contributed by atoms with van der Waals surface area (Å²) in [5.41, 5.74) is 3.25. The fourth-order valence-corrected chi connectivity index (χ4v) is 2.58. The van der Waals surface area contributed by atoms with E-state index in [0.29, 0.717) is 11.7 Å². The van der Waals surface area contributed by atoms with Gasteiger partial charge >= 0.3 is 0 Å². The number of nitrogens with zero attached hydrogens (tertiary/aromatic N) is 1. The lowest BCUT2D eigenvalue weighted by atomic mass is 10.2. The number of rotatable bonds is 4. The summed E-state index contributed by atoms with van der Waals surface area (Å²) in [6, 6.07) is 10.0. The quantitative estimate of drug-likeness (QED) is 0.881. The average Bonchev–Trinajstić information content (AvgIpc) is 3.26. The Hall–Kier alpha value is -1.88. The molecule has 0 aliphatic heterocycles. The Morgan fingerprint density at radius 3 is 2.71 bits per heavy atom. The van der Waals surface area contributed by atoms with Crippen molar-refractivity contribution in [1.29, 1.82) is 0 Å². The molecule has 0 spiro atoms. The van der Waals surface area contributed by atoms with Gasteiger partial charge < -0.3 is 10.6 Å². The molecule has 1 saturated carbocycles. The van der Waals surface area contributed by atoms with Gasteiger partial charge in [0, 0.05) is 10.5 Å². The summed E-state index contributed by atoms with van der Waals surface area (Å²) in [6.07, 6.45) is 4.13. The molecule has 0 bridgehead atoms. The zero-order valence-electron chi connectivity index (χ0n) is 11.7. The summed E-state index contributed by atoms with van der Waals surface area (Å²) in [6.45, 7) is 2.00. The lowest BCUT2D eigenvalue weighted by Crippen LogP contribution is -2.14. The van der Waals surface area contributed by atoms with Crippen LogP contribution in [0.5, 0.6) is 0 Å². The van der Waals surface area contributed by atoms with Gasteiger partial charge in [-0.15, -0.1) is 0 Å². The summed E-state index contributed by atoms with van der Waals surface area (Å²) in [5, 5.41) is 6.20. The maximum atomic E-state index is 12.2. The molecule has 0 saturated heterocycles. The highest BCUT2D eigenvalue weighted by Gasteiger charge is 2.20. The van der Waals surface area contributed by atoms with Crippen LogP contribution in [0.3, 0.4) is 0 Å². The standard InChI is InChI=1S/C16H16BrN3O/c1-10-2-6-14(13(17)8-10)20-16(21)15-7-5-12(9-18-15)19-11-3-4-11/h2,5-9,11,19H,3-4H2,1H3,(H,20,21). The second kappa shape index (κ2) is 5.85. The van der Waals surface area contributed by atoms with E-state index in [1.165, 1.54) is 12.8 Å². The molecule has 0 radical (unpaired) electrons. The molecular weight excluding hydrogens is 330 g/mol. The Morgan fingerprint density at radius 2 is 2.10 bits per heavy atom. The fraction of sp³-hybridized carbons (Fsp3) is 0.250.